The van der Waals surface area contributed by atoms with Crippen LogP contribution in [0.1, 0.15) is 0 Å². The van der Waals surface area contributed by atoms with Crippen molar-refractivity contribution in [2.24, 2.45) is 0 Å². The van der Waals surface area contributed by atoms with Crippen LogP contribution in [0.3, 0.4) is 0 Å². The van der Waals surface area contributed by atoms with E-state index in [9.17, 15) is 12.9 Å². The van der Waals surface area contributed by atoms with Crippen LogP contribution in [-0.2, 0) is 0 Å². The van der Waals surface area contributed by atoms with Gasteiger partial charge in [0.1, 0.15) is 6.33 Å². The van der Waals surface area contributed by atoms with Gasteiger partial charge < -0.3 is 12.9 Å². The average molecular weight is 264 g/mol. The molecule has 72 valence electrons. The van der Waals surface area contributed by atoms with Gasteiger partial charge in [0.2, 0.25) is 0 Å². The summed E-state index contributed by atoms with van der Waals surface area (Å²) in [6.07, 6.45) is 1.31. The molecule has 0 aromatic carbocycles. The number of halogens is 3. The molecule has 2 nitrogen and oxygen atoms in total. The topological polar surface area (TPSA) is 25.8 Å². The van der Waals surface area contributed by atoms with E-state index in [2.05, 4.69) is 15.9 Å². The predicted octanol–water partition coefficient (Wildman–Crippen LogP) is -0.423. The molecule has 0 amide bonds. The molecular formula is C5H5BF3KN2S2. The largest absolute Gasteiger partial charge is 1.00 e. The summed E-state index contributed by atoms with van der Waals surface area (Å²) in [4.78, 5) is 3.74. The quantitative estimate of drug-likeness (QED) is 0.545. The Hall–Kier alpha value is 1.14. The van der Waals surface area contributed by atoms with Crippen molar-refractivity contribution >= 4 is 30.3 Å². The van der Waals surface area contributed by atoms with Crippen LogP contribution in [-0.4, -0.2) is 22.1 Å². The molecule has 0 bridgehead atoms. The summed E-state index contributed by atoms with van der Waals surface area (Å²) < 4.78 is 40.2. The molecule has 0 radical (unpaired) electrons. The maximum absolute atomic E-state index is 12.0. The summed E-state index contributed by atoms with van der Waals surface area (Å²) in [5.41, 5.74) is -0.694. The maximum atomic E-state index is 12.0. The van der Waals surface area contributed by atoms with Crippen molar-refractivity contribution in [2.45, 2.75) is 4.34 Å². The van der Waals surface area contributed by atoms with Crippen LogP contribution in [0.25, 0.3) is 0 Å². The fourth-order valence-electron chi connectivity index (χ4n) is 0.475. The van der Waals surface area contributed by atoms with Gasteiger partial charge in [0, 0.05) is 0 Å². The number of rotatable bonds is 4. The maximum Gasteiger partial charge on any atom is 1.00 e. The van der Waals surface area contributed by atoms with Gasteiger partial charge in [0.05, 0.1) is 0 Å². The number of hydrogen-bond donors (Lipinski definition) is 0. The van der Waals surface area contributed by atoms with Gasteiger partial charge in [-0.2, -0.15) is 4.37 Å². The van der Waals surface area contributed by atoms with Gasteiger partial charge in [-0.1, -0.05) is 11.8 Å². The van der Waals surface area contributed by atoms with Crippen LogP contribution in [0.5, 0.6) is 0 Å². The van der Waals surface area contributed by atoms with E-state index in [-0.39, 0.29) is 57.1 Å². The van der Waals surface area contributed by atoms with Crippen LogP contribution in [0.2, 0.25) is 0 Å². The second-order valence-corrected chi connectivity index (χ2v) is 4.23. The molecule has 9 heteroatoms. The van der Waals surface area contributed by atoms with Gasteiger partial charge >= 0.3 is 58.4 Å². The van der Waals surface area contributed by atoms with Gasteiger partial charge in [0.25, 0.3) is 0 Å². The number of hydrogen-bond acceptors (Lipinski definition) is 4. The van der Waals surface area contributed by atoms with Crippen molar-refractivity contribution in [3.8, 4) is 0 Å². The number of thioether (sulfide) groups is 1. The molecule has 0 fully saturated rings. The molecule has 0 aliphatic carbocycles. The van der Waals surface area contributed by atoms with E-state index in [1.165, 1.54) is 6.33 Å². The van der Waals surface area contributed by atoms with Crippen LogP contribution >= 0.6 is 23.3 Å². The zero-order valence-corrected chi connectivity index (χ0v) is 12.2. The third-order valence-corrected chi connectivity index (χ3v) is 3.09. The molecule has 1 rings (SSSR count). The molecule has 1 aromatic rings. The minimum Gasteiger partial charge on any atom is -0.445 e. The molecule has 0 spiro atoms. The summed E-state index contributed by atoms with van der Waals surface area (Å²) in [6.45, 7) is -1.95. The molecule has 0 saturated heterocycles. The SMILES string of the molecule is C=C(CSc1ncns1)[B-](F)(F)F.[K+]. The van der Waals surface area contributed by atoms with Gasteiger partial charge in [-0.25, -0.2) is 4.98 Å². The Labute approximate surface area is 130 Å². The normalized spacial score (nSPS) is 10.8. The third-order valence-electron chi connectivity index (χ3n) is 1.19. The Bertz CT molecular complexity index is 290. The number of aromatic nitrogens is 2. The van der Waals surface area contributed by atoms with Crippen LogP contribution in [0.4, 0.5) is 12.9 Å². The Morgan fingerprint density at radius 3 is 2.64 bits per heavy atom. The van der Waals surface area contributed by atoms with Crippen molar-refractivity contribution in [1.29, 1.82) is 0 Å². The summed E-state index contributed by atoms with van der Waals surface area (Å²) in [6, 6.07) is 0. The molecule has 14 heavy (non-hydrogen) atoms. The molecule has 0 saturated carbocycles. The monoisotopic (exact) mass is 264 g/mol. The Balaban J connectivity index is 0.00000169. The van der Waals surface area contributed by atoms with E-state index in [1.54, 1.807) is 0 Å². The zero-order valence-electron chi connectivity index (χ0n) is 7.41. The molecule has 0 aliphatic heterocycles. The van der Waals surface area contributed by atoms with Crippen LogP contribution < -0.4 is 51.4 Å². The summed E-state index contributed by atoms with van der Waals surface area (Å²) in [5, 5.41) is 0. The van der Waals surface area contributed by atoms with Crippen molar-refractivity contribution in [3.05, 3.63) is 18.4 Å². The molecule has 0 aliphatic rings. The van der Waals surface area contributed by atoms with Gasteiger partial charge in [-0.3, -0.25) is 0 Å². The van der Waals surface area contributed by atoms with Crippen LogP contribution in [0.15, 0.2) is 22.7 Å². The number of nitrogens with zero attached hydrogens (tertiary/aromatic N) is 2. The Kier molecular flexibility index (Phi) is 7.21. The minimum absolute atomic E-state index is 0. The average Bonchev–Trinajstić information content (AvgIpc) is 2.50. The molecule has 0 unspecified atom stereocenters. The molecule has 1 heterocycles. The second-order valence-electron chi connectivity index (χ2n) is 2.23. The first-order valence-corrected chi connectivity index (χ1v) is 5.03. The Morgan fingerprint density at radius 1 is 1.57 bits per heavy atom. The van der Waals surface area contributed by atoms with Gasteiger partial charge in [-0.15, -0.1) is 12.1 Å². The van der Waals surface area contributed by atoms with E-state index in [0.29, 0.717) is 4.34 Å². The zero-order chi connectivity index (χ0) is 9.90. The van der Waals surface area contributed by atoms with Crippen molar-refractivity contribution in [1.82, 2.24) is 9.36 Å². The van der Waals surface area contributed by atoms with Crippen molar-refractivity contribution in [3.63, 3.8) is 0 Å². The summed E-state index contributed by atoms with van der Waals surface area (Å²) >= 11 is 2.08. The van der Waals surface area contributed by atoms with Crippen LogP contribution in [0, 0.1) is 0 Å². The molecule has 0 N–H and O–H groups in total. The van der Waals surface area contributed by atoms with E-state index in [1.807, 2.05) is 0 Å². The fraction of sp³-hybridized carbons (Fsp3) is 0.200. The molecular weight excluding hydrogens is 259 g/mol. The first-order chi connectivity index (χ1) is 6.00. The fourth-order valence-corrected chi connectivity index (χ4v) is 1.89. The molecule has 1 aromatic heterocycles. The van der Waals surface area contributed by atoms with E-state index in [4.69, 9.17) is 0 Å². The van der Waals surface area contributed by atoms with E-state index >= 15 is 0 Å². The van der Waals surface area contributed by atoms with Gasteiger partial charge in [-0.05, 0) is 17.3 Å². The van der Waals surface area contributed by atoms with Crippen molar-refractivity contribution in [2.75, 3.05) is 5.75 Å². The van der Waals surface area contributed by atoms with Gasteiger partial charge in [0.15, 0.2) is 4.34 Å². The Morgan fingerprint density at radius 2 is 2.21 bits per heavy atom. The van der Waals surface area contributed by atoms with E-state index < -0.39 is 12.4 Å². The van der Waals surface area contributed by atoms with Crippen molar-refractivity contribution < 1.29 is 64.3 Å². The second kappa shape index (κ2) is 6.67. The smallest absolute Gasteiger partial charge is 0.445 e. The predicted molar refractivity (Wildman–Crippen MR) is 48.9 cm³/mol. The summed E-state index contributed by atoms with van der Waals surface area (Å²) in [7, 11) is 0. The van der Waals surface area contributed by atoms with E-state index in [0.717, 1.165) is 23.3 Å². The standard InChI is InChI=1S/C5H5BF3N2S2.K/c1-4(6(7,8)9)2-12-5-10-3-11-13-5;/h3H,1-2H2;/q-1;+1. The minimum atomic E-state index is -4.91. The molecule has 0 atom stereocenters. The summed E-state index contributed by atoms with van der Waals surface area (Å²) in [5.74, 6) is -0.168. The first kappa shape index (κ1) is 15.1. The first-order valence-electron chi connectivity index (χ1n) is 3.27. The third kappa shape index (κ3) is 5.29.